The maximum Gasteiger partial charge on any atom is 0.112 e. The Bertz CT molecular complexity index is 331. The van der Waals surface area contributed by atoms with E-state index in [9.17, 15) is 5.26 Å². The van der Waals surface area contributed by atoms with Gasteiger partial charge in [-0.05, 0) is 37.1 Å². The molecule has 0 aromatic rings. The highest BCUT2D eigenvalue weighted by molar-refractivity contribution is 5.16. The molecule has 3 nitrogen and oxygen atoms in total. The Morgan fingerprint density at radius 2 is 1.95 bits per heavy atom. The largest absolute Gasteiger partial charge is 0.315 e. The van der Waals surface area contributed by atoms with Gasteiger partial charge in [-0.3, -0.25) is 4.90 Å². The van der Waals surface area contributed by atoms with Gasteiger partial charge in [-0.25, -0.2) is 0 Å². The molecule has 2 unspecified atom stereocenters. The molecule has 1 N–H and O–H groups in total. The first-order valence-corrected chi connectivity index (χ1v) is 7.88. The zero-order valence-corrected chi connectivity index (χ0v) is 12.8. The fourth-order valence-corrected chi connectivity index (χ4v) is 4.13. The van der Waals surface area contributed by atoms with Crippen molar-refractivity contribution in [1.82, 2.24) is 10.2 Å². The highest BCUT2D eigenvalue weighted by Crippen LogP contribution is 2.47. The minimum Gasteiger partial charge on any atom is -0.315 e. The van der Waals surface area contributed by atoms with Crippen molar-refractivity contribution in [1.29, 1.82) is 5.26 Å². The van der Waals surface area contributed by atoms with E-state index in [4.69, 9.17) is 0 Å². The molecule has 1 aliphatic heterocycles. The van der Waals surface area contributed by atoms with Crippen LogP contribution in [0.5, 0.6) is 0 Å². The van der Waals surface area contributed by atoms with E-state index in [1.807, 2.05) is 0 Å². The number of hydrogen-bond donors (Lipinski definition) is 1. The molecule has 3 heteroatoms. The van der Waals surface area contributed by atoms with Crippen LogP contribution in [0.4, 0.5) is 0 Å². The Balaban J connectivity index is 2.29. The SMILES string of the molecule is CC(C)(C)C1CCCCC1(C#N)N1CCCNCC1. The number of nitrogens with zero attached hydrogens (tertiary/aromatic N) is 2. The maximum atomic E-state index is 10.0. The van der Waals surface area contributed by atoms with Gasteiger partial charge in [0.15, 0.2) is 0 Å². The van der Waals surface area contributed by atoms with Crippen molar-refractivity contribution in [2.75, 3.05) is 26.2 Å². The van der Waals surface area contributed by atoms with Crippen molar-refractivity contribution in [2.24, 2.45) is 11.3 Å². The number of hydrogen-bond acceptors (Lipinski definition) is 3. The number of rotatable bonds is 1. The second kappa shape index (κ2) is 5.81. The molecule has 0 radical (unpaired) electrons. The Morgan fingerprint density at radius 1 is 1.16 bits per heavy atom. The highest BCUT2D eigenvalue weighted by Gasteiger charge is 2.50. The van der Waals surface area contributed by atoms with Crippen molar-refractivity contribution in [3.8, 4) is 6.07 Å². The topological polar surface area (TPSA) is 39.1 Å². The molecule has 19 heavy (non-hydrogen) atoms. The van der Waals surface area contributed by atoms with Gasteiger partial charge in [0.2, 0.25) is 0 Å². The van der Waals surface area contributed by atoms with Gasteiger partial charge in [0, 0.05) is 19.6 Å². The summed E-state index contributed by atoms with van der Waals surface area (Å²) in [6.45, 7) is 11.2. The molecule has 2 fully saturated rings. The maximum absolute atomic E-state index is 10.0. The lowest BCUT2D eigenvalue weighted by atomic mass is 9.62. The molecular formula is C16H29N3. The summed E-state index contributed by atoms with van der Waals surface area (Å²) in [6.07, 6.45) is 5.94. The third-order valence-electron chi connectivity index (χ3n) is 5.02. The molecule has 0 amide bonds. The van der Waals surface area contributed by atoms with Crippen molar-refractivity contribution < 1.29 is 0 Å². The predicted octanol–water partition coefficient (Wildman–Crippen LogP) is 2.78. The van der Waals surface area contributed by atoms with Crippen LogP contribution in [0, 0.1) is 22.7 Å². The molecule has 1 aliphatic carbocycles. The monoisotopic (exact) mass is 263 g/mol. The van der Waals surface area contributed by atoms with Gasteiger partial charge in [0.25, 0.3) is 0 Å². The zero-order valence-electron chi connectivity index (χ0n) is 12.8. The fraction of sp³-hybridized carbons (Fsp3) is 0.938. The van der Waals surface area contributed by atoms with E-state index < -0.39 is 0 Å². The van der Waals surface area contributed by atoms with Crippen molar-refractivity contribution in [3.63, 3.8) is 0 Å². The van der Waals surface area contributed by atoms with Crippen LogP contribution < -0.4 is 5.32 Å². The minimum absolute atomic E-state index is 0.218. The molecule has 2 rings (SSSR count). The fourth-order valence-electron chi connectivity index (χ4n) is 4.13. The Kier molecular flexibility index (Phi) is 4.53. The van der Waals surface area contributed by atoms with E-state index in [1.165, 1.54) is 25.7 Å². The minimum atomic E-state index is -0.220. The normalized spacial score (nSPS) is 34.5. The molecule has 1 heterocycles. The van der Waals surface area contributed by atoms with Gasteiger partial charge >= 0.3 is 0 Å². The van der Waals surface area contributed by atoms with E-state index in [0.29, 0.717) is 5.92 Å². The van der Waals surface area contributed by atoms with Gasteiger partial charge in [-0.15, -0.1) is 0 Å². The summed E-state index contributed by atoms with van der Waals surface area (Å²) in [5.74, 6) is 0.497. The third-order valence-corrected chi connectivity index (χ3v) is 5.02. The summed E-state index contributed by atoms with van der Waals surface area (Å²) < 4.78 is 0. The predicted molar refractivity (Wildman–Crippen MR) is 78.8 cm³/mol. The van der Waals surface area contributed by atoms with Crippen LogP contribution in [-0.4, -0.2) is 36.6 Å². The summed E-state index contributed by atoms with van der Waals surface area (Å²) in [5, 5.41) is 13.5. The van der Waals surface area contributed by atoms with E-state index in [2.05, 4.69) is 37.1 Å². The Labute approximate surface area is 118 Å². The standard InChI is InChI=1S/C16H29N3/c1-15(2,3)14-7-4-5-8-16(14,13-17)19-11-6-9-18-10-12-19/h14,18H,4-12H2,1-3H3. The molecule has 108 valence electrons. The Hall–Kier alpha value is -0.590. The molecule has 0 aromatic heterocycles. The van der Waals surface area contributed by atoms with E-state index in [-0.39, 0.29) is 11.0 Å². The van der Waals surface area contributed by atoms with Crippen molar-refractivity contribution >= 4 is 0 Å². The quantitative estimate of drug-likeness (QED) is 0.790. The van der Waals surface area contributed by atoms with Crippen LogP contribution in [0.2, 0.25) is 0 Å². The lowest BCUT2D eigenvalue weighted by molar-refractivity contribution is -0.00494. The average molecular weight is 263 g/mol. The summed E-state index contributed by atoms with van der Waals surface area (Å²) in [4.78, 5) is 2.50. The lowest BCUT2D eigenvalue weighted by Gasteiger charge is -2.51. The summed E-state index contributed by atoms with van der Waals surface area (Å²) >= 11 is 0. The first-order chi connectivity index (χ1) is 9.00. The second-order valence-corrected chi connectivity index (χ2v) is 7.29. The Morgan fingerprint density at radius 3 is 2.63 bits per heavy atom. The smallest absolute Gasteiger partial charge is 0.112 e. The second-order valence-electron chi connectivity index (χ2n) is 7.29. The first kappa shape index (κ1) is 14.8. The van der Waals surface area contributed by atoms with Crippen LogP contribution >= 0.6 is 0 Å². The van der Waals surface area contributed by atoms with E-state index in [0.717, 1.165) is 32.6 Å². The van der Waals surface area contributed by atoms with Gasteiger partial charge in [-0.1, -0.05) is 33.6 Å². The zero-order chi connectivity index (χ0) is 13.9. The van der Waals surface area contributed by atoms with Gasteiger partial charge in [0.05, 0.1) is 6.07 Å². The summed E-state index contributed by atoms with van der Waals surface area (Å²) in [5.41, 5.74) is -0.00158. The molecule has 1 saturated carbocycles. The van der Waals surface area contributed by atoms with E-state index in [1.54, 1.807) is 0 Å². The third kappa shape index (κ3) is 2.95. The number of nitriles is 1. The van der Waals surface area contributed by atoms with Gasteiger partial charge < -0.3 is 5.32 Å². The van der Waals surface area contributed by atoms with Crippen LogP contribution in [-0.2, 0) is 0 Å². The van der Waals surface area contributed by atoms with Crippen molar-refractivity contribution in [3.05, 3.63) is 0 Å². The van der Waals surface area contributed by atoms with Crippen LogP contribution in [0.15, 0.2) is 0 Å². The van der Waals surface area contributed by atoms with Crippen LogP contribution in [0.1, 0.15) is 52.9 Å². The molecule has 2 aliphatic rings. The lowest BCUT2D eigenvalue weighted by Crippen LogP contribution is -2.58. The molecular weight excluding hydrogens is 234 g/mol. The van der Waals surface area contributed by atoms with Crippen LogP contribution in [0.3, 0.4) is 0 Å². The first-order valence-electron chi connectivity index (χ1n) is 7.88. The molecule has 0 spiro atoms. The van der Waals surface area contributed by atoms with E-state index >= 15 is 0 Å². The van der Waals surface area contributed by atoms with Crippen molar-refractivity contribution in [2.45, 2.75) is 58.4 Å². The highest BCUT2D eigenvalue weighted by atomic mass is 15.2. The average Bonchev–Trinajstić information content (AvgIpc) is 2.66. The van der Waals surface area contributed by atoms with Gasteiger partial charge in [0.1, 0.15) is 5.54 Å². The molecule has 0 aromatic carbocycles. The summed E-state index contributed by atoms with van der Waals surface area (Å²) in [7, 11) is 0. The number of nitrogens with one attached hydrogen (secondary N) is 1. The molecule has 2 atom stereocenters. The van der Waals surface area contributed by atoms with Crippen LogP contribution in [0.25, 0.3) is 0 Å². The summed E-state index contributed by atoms with van der Waals surface area (Å²) in [6, 6.07) is 2.77. The van der Waals surface area contributed by atoms with Gasteiger partial charge in [-0.2, -0.15) is 5.26 Å². The molecule has 0 bridgehead atoms. The molecule has 1 saturated heterocycles.